The van der Waals surface area contributed by atoms with Crippen molar-refractivity contribution in [3.05, 3.63) is 53.1 Å². The third kappa shape index (κ3) is 4.10. The Morgan fingerprint density at radius 3 is 2.92 bits per heavy atom. The number of carbonyl (C=O) groups excluding carboxylic acids is 1. The zero-order valence-electron chi connectivity index (χ0n) is 15.4. The van der Waals surface area contributed by atoms with E-state index in [9.17, 15) is 4.79 Å². The molecule has 5 heteroatoms. The number of hydrogen-bond donors (Lipinski definition) is 2. The van der Waals surface area contributed by atoms with Crippen LogP contribution in [-0.4, -0.2) is 22.0 Å². The fourth-order valence-corrected chi connectivity index (χ4v) is 3.35. The van der Waals surface area contributed by atoms with E-state index < -0.39 is 0 Å². The van der Waals surface area contributed by atoms with Gasteiger partial charge in [0.05, 0.1) is 5.69 Å². The number of nitrogens with zero attached hydrogens (tertiary/aromatic N) is 2. The number of nitrogens with two attached hydrogens (primary N) is 1. The highest BCUT2D eigenvalue weighted by molar-refractivity contribution is 5.92. The van der Waals surface area contributed by atoms with Gasteiger partial charge in [0.25, 0.3) is 0 Å². The molecule has 0 saturated heterocycles. The lowest BCUT2D eigenvalue weighted by molar-refractivity contribution is 0.1000. The number of fused-ring (bicyclic) bond motifs is 1. The Kier molecular flexibility index (Phi) is 4.95. The number of rotatable bonds is 5. The molecule has 1 aliphatic rings. The molecule has 1 aromatic heterocycles. The number of aromatic nitrogens is 2. The minimum Gasteiger partial charge on any atom is -0.366 e. The van der Waals surface area contributed by atoms with E-state index in [1.54, 1.807) is 6.07 Å². The van der Waals surface area contributed by atoms with Crippen LogP contribution >= 0.6 is 0 Å². The van der Waals surface area contributed by atoms with Crippen LogP contribution in [0.15, 0.2) is 30.5 Å². The molecule has 3 rings (SSSR count). The molecule has 2 heterocycles. The minimum atomic E-state index is -0.383. The monoisotopic (exact) mass is 340 g/mol. The molecular formula is C20H28N4O. The number of carbonyl (C=O) groups is 1. The molecule has 0 aliphatic carbocycles. The van der Waals surface area contributed by atoms with E-state index in [0.29, 0.717) is 11.5 Å². The molecule has 134 valence electrons. The Morgan fingerprint density at radius 2 is 2.20 bits per heavy atom. The van der Waals surface area contributed by atoms with Crippen molar-refractivity contribution >= 4 is 5.91 Å². The van der Waals surface area contributed by atoms with Crippen molar-refractivity contribution in [1.29, 1.82) is 0 Å². The molecule has 1 aromatic carbocycles. The molecule has 0 radical (unpaired) electrons. The van der Waals surface area contributed by atoms with Crippen LogP contribution < -0.4 is 11.1 Å². The normalized spacial score (nSPS) is 17.3. The van der Waals surface area contributed by atoms with E-state index in [4.69, 9.17) is 10.7 Å². The smallest absolute Gasteiger partial charge is 0.248 e. The molecule has 0 saturated carbocycles. The van der Waals surface area contributed by atoms with Gasteiger partial charge in [0.15, 0.2) is 0 Å². The van der Waals surface area contributed by atoms with Crippen molar-refractivity contribution in [2.45, 2.75) is 58.0 Å². The van der Waals surface area contributed by atoms with Crippen molar-refractivity contribution in [3.8, 4) is 0 Å². The Bertz CT molecular complexity index is 757. The number of hydrogen-bond acceptors (Lipinski definition) is 3. The highest BCUT2D eigenvalue weighted by Gasteiger charge is 2.26. The summed E-state index contributed by atoms with van der Waals surface area (Å²) in [7, 11) is 0. The Hall–Kier alpha value is -2.14. The van der Waals surface area contributed by atoms with E-state index in [-0.39, 0.29) is 11.3 Å². The summed E-state index contributed by atoms with van der Waals surface area (Å²) < 4.78 is 2.32. The molecular weight excluding hydrogens is 312 g/mol. The second kappa shape index (κ2) is 7.00. The SMILES string of the molecule is CC(C)(C)c1cn2c(n1)[C@@H](CNCc1cccc(C(N)=O)c1)CCC2. The average Bonchev–Trinajstić information content (AvgIpc) is 3.00. The maximum atomic E-state index is 11.3. The van der Waals surface area contributed by atoms with Crippen LogP contribution in [0, 0.1) is 0 Å². The summed E-state index contributed by atoms with van der Waals surface area (Å²) in [5.41, 5.74) is 8.23. The molecule has 1 amide bonds. The first-order valence-corrected chi connectivity index (χ1v) is 9.01. The van der Waals surface area contributed by atoms with Gasteiger partial charge in [0, 0.05) is 42.7 Å². The van der Waals surface area contributed by atoms with Gasteiger partial charge in [-0.05, 0) is 30.5 Å². The van der Waals surface area contributed by atoms with Gasteiger partial charge in [-0.3, -0.25) is 4.79 Å². The van der Waals surface area contributed by atoms with Gasteiger partial charge in [-0.2, -0.15) is 0 Å². The van der Waals surface area contributed by atoms with E-state index in [1.165, 1.54) is 17.9 Å². The molecule has 25 heavy (non-hydrogen) atoms. The van der Waals surface area contributed by atoms with Gasteiger partial charge in [-0.1, -0.05) is 32.9 Å². The fraction of sp³-hybridized carbons (Fsp3) is 0.500. The van der Waals surface area contributed by atoms with Gasteiger partial charge in [0.2, 0.25) is 5.91 Å². The predicted molar refractivity (Wildman–Crippen MR) is 99.6 cm³/mol. The number of imidazole rings is 1. The standard InChI is InChI=1S/C20H28N4O/c1-20(2,3)17-13-24-9-5-8-16(19(24)23-17)12-22-11-14-6-4-7-15(10-14)18(21)25/h4,6-7,10,13,16,22H,5,8-9,11-12H2,1-3H3,(H2,21,25)/t16-/m1/s1. The Morgan fingerprint density at radius 1 is 1.40 bits per heavy atom. The third-order valence-electron chi connectivity index (χ3n) is 4.82. The largest absolute Gasteiger partial charge is 0.366 e. The van der Waals surface area contributed by atoms with Crippen LogP contribution in [0.1, 0.15) is 67.0 Å². The van der Waals surface area contributed by atoms with Crippen molar-refractivity contribution in [2.24, 2.45) is 5.73 Å². The minimum absolute atomic E-state index is 0.0809. The van der Waals surface area contributed by atoms with Crippen LogP contribution in [0.4, 0.5) is 0 Å². The number of nitrogens with one attached hydrogen (secondary N) is 1. The summed E-state index contributed by atoms with van der Waals surface area (Å²) in [6.45, 7) is 9.31. The zero-order chi connectivity index (χ0) is 18.0. The summed E-state index contributed by atoms with van der Waals surface area (Å²) in [4.78, 5) is 16.2. The van der Waals surface area contributed by atoms with Gasteiger partial charge < -0.3 is 15.6 Å². The Labute approximate surface area is 149 Å². The van der Waals surface area contributed by atoms with E-state index >= 15 is 0 Å². The quantitative estimate of drug-likeness (QED) is 0.879. The van der Waals surface area contributed by atoms with Crippen molar-refractivity contribution in [2.75, 3.05) is 6.54 Å². The first kappa shape index (κ1) is 17.7. The highest BCUT2D eigenvalue weighted by atomic mass is 16.1. The predicted octanol–water partition coefficient (Wildman–Crippen LogP) is 2.95. The summed E-state index contributed by atoms with van der Waals surface area (Å²) in [5.74, 6) is 1.25. The van der Waals surface area contributed by atoms with Crippen molar-refractivity contribution in [3.63, 3.8) is 0 Å². The molecule has 0 spiro atoms. The van der Waals surface area contributed by atoms with Gasteiger partial charge in [0.1, 0.15) is 5.82 Å². The van der Waals surface area contributed by atoms with Crippen LogP contribution in [0.2, 0.25) is 0 Å². The van der Waals surface area contributed by atoms with E-state index in [0.717, 1.165) is 31.6 Å². The van der Waals surface area contributed by atoms with Crippen molar-refractivity contribution < 1.29 is 4.79 Å². The third-order valence-corrected chi connectivity index (χ3v) is 4.82. The second-order valence-corrected chi connectivity index (χ2v) is 7.96. The lowest BCUT2D eigenvalue weighted by atomic mass is 9.93. The van der Waals surface area contributed by atoms with Crippen molar-refractivity contribution in [1.82, 2.24) is 14.9 Å². The first-order chi connectivity index (χ1) is 11.8. The average molecular weight is 340 g/mol. The Balaban J connectivity index is 1.64. The summed E-state index contributed by atoms with van der Waals surface area (Å²) >= 11 is 0. The first-order valence-electron chi connectivity index (χ1n) is 9.01. The molecule has 0 unspecified atom stereocenters. The molecule has 2 aromatic rings. The lowest BCUT2D eigenvalue weighted by Gasteiger charge is -2.23. The number of primary amides is 1. The molecule has 3 N–H and O–H groups in total. The lowest BCUT2D eigenvalue weighted by Crippen LogP contribution is -2.26. The molecule has 0 fully saturated rings. The molecule has 0 bridgehead atoms. The zero-order valence-corrected chi connectivity index (χ0v) is 15.4. The summed E-state index contributed by atoms with van der Waals surface area (Å²) in [6.07, 6.45) is 4.57. The highest BCUT2D eigenvalue weighted by Crippen LogP contribution is 2.30. The van der Waals surface area contributed by atoms with Crippen LogP contribution in [0.5, 0.6) is 0 Å². The molecule has 1 atom stereocenters. The molecule has 1 aliphatic heterocycles. The van der Waals surface area contributed by atoms with Gasteiger partial charge in [-0.15, -0.1) is 0 Å². The van der Waals surface area contributed by atoms with Crippen LogP contribution in [0.25, 0.3) is 0 Å². The van der Waals surface area contributed by atoms with Gasteiger partial charge in [-0.25, -0.2) is 4.98 Å². The maximum absolute atomic E-state index is 11.3. The topological polar surface area (TPSA) is 72.9 Å². The van der Waals surface area contributed by atoms with Gasteiger partial charge >= 0.3 is 0 Å². The van der Waals surface area contributed by atoms with Crippen LogP contribution in [-0.2, 0) is 18.5 Å². The molecule has 5 nitrogen and oxygen atoms in total. The summed E-state index contributed by atoms with van der Waals surface area (Å²) in [6, 6.07) is 7.49. The van der Waals surface area contributed by atoms with Crippen LogP contribution in [0.3, 0.4) is 0 Å². The number of aryl methyl sites for hydroxylation is 1. The van der Waals surface area contributed by atoms with E-state index in [1.807, 2.05) is 18.2 Å². The number of amides is 1. The second-order valence-electron chi connectivity index (χ2n) is 7.96. The number of benzene rings is 1. The fourth-order valence-electron chi connectivity index (χ4n) is 3.35. The van der Waals surface area contributed by atoms with E-state index in [2.05, 4.69) is 36.9 Å². The summed E-state index contributed by atoms with van der Waals surface area (Å²) in [5, 5.41) is 3.52. The maximum Gasteiger partial charge on any atom is 0.248 e.